The average molecular weight is 540 g/mol. The molecule has 2 amide bonds. The average Bonchev–Trinajstić information content (AvgIpc) is 2.90. The fourth-order valence-corrected chi connectivity index (χ4v) is 4.84. The number of nitrogens with one attached hydrogen (secondary N) is 1. The van der Waals surface area contributed by atoms with E-state index < -0.39 is 34.3 Å². The molecule has 0 bridgehead atoms. The highest BCUT2D eigenvalue weighted by Crippen LogP contribution is 2.20. The van der Waals surface area contributed by atoms with Crippen molar-refractivity contribution in [2.45, 2.75) is 45.3 Å². The van der Waals surface area contributed by atoms with Crippen LogP contribution >= 0.6 is 0 Å². The van der Waals surface area contributed by atoms with E-state index >= 15 is 0 Å². The van der Waals surface area contributed by atoms with Gasteiger partial charge in [0.05, 0.1) is 11.9 Å². The summed E-state index contributed by atoms with van der Waals surface area (Å²) in [7, 11) is -3.82. The van der Waals surface area contributed by atoms with Gasteiger partial charge in [-0.1, -0.05) is 67.6 Å². The molecule has 3 aromatic carbocycles. The summed E-state index contributed by atoms with van der Waals surface area (Å²) in [6.07, 6.45) is 1.96. The van der Waals surface area contributed by atoms with Crippen LogP contribution in [0, 0.1) is 5.82 Å². The smallest absolute Gasteiger partial charge is 0.244 e. The van der Waals surface area contributed by atoms with E-state index in [4.69, 9.17) is 0 Å². The predicted molar refractivity (Wildman–Crippen MR) is 147 cm³/mol. The predicted octanol–water partition coefficient (Wildman–Crippen LogP) is 4.15. The van der Waals surface area contributed by atoms with Crippen LogP contribution in [0.3, 0.4) is 0 Å². The van der Waals surface area contributed by atoms with Gasteiger partial charge in [0.25, 0.3) is 0 Å². The highest BCUT2D eigenvalue weighted by molar-refractivity contribution is 7.92. The Kier molecular flexibility index (Phi) is 10.0. The number of hydrogen-bond donors (Lipinski definition) is 1. The molecule has 0 fully saturated rings. The number of hydrogen-bond acceptors (Lipinski definition) is 4. The van der Waals surface area contributed by atoms with Gasteiger partial charge in [0, 0.05) is 19.0 Å². The Bertz CT molecular complexity index is 1300. The second-order valence-corrected chi connectivity index (χ2v) is 11.2. The molecule has 3 rings (SSSR count). The summed E-state index contributed by atoms with van der Waals surface area (Å²) in [5, 5.41) is 2.97. The zero-order chi connectivity index (χ0) is 27.7. The molecule has 0 aliphatic rings. The second kappa shape index (κ2) is 13.2. The third-order valence-electron chi connectivity index (χ3n) is 6.26. The Morgan fingerprint density at radius 2 is 1.47 bits per heavy atom. The number of rotatable bonds is 12. The summed E-state index contributed by atoms with van der Waals surface area (Å²) in [4.78, 5) is 28.9. The van der Waals surface area contributed by atoms with E-state index in [1.54, 1.807) is 42.5 Å². The fourth-order valence-electron chi connectivity index (χ4n) is 3.99. The quantitative estimate of drug-likeness (QED) is 0.375. The van der Waals surface area contributed by atoms with Gasteiger partial charge in [0.15, 0.2) is 0 Å². The minimum absolute atomic E-state index is 0.00304. The summed E-state index contributed by atoms with van der Waals surface area (Å²) in [6, 6.07) is 22.3. The summed E-state index contributed by atoms with van der Waals surface area (Å²) in [5.74, 6) is -1.32. The Morgan fingerprint density at radius 3 is 2.03 bits per heavy atom. The Labute approximate surface area is 224 Å². The van der Waals surface area contributed by atoms with Crippen molar-refractivity contribution in [1.29, 1.82) is 0 Å². The number of amides is 2. The van der Waals surface area contributed by atoms with E-state index in [1.165, 1.54) is 17.0 Å². The van der Waals surface area contributed by atoms with Gasteiger partial charge in [-0.3, -0.25) is 13.9 Å². The number of anilines is 1. The third kappa shape index (κ3) is 8.14. The summed E-state index contributed by atoms with van der Waals surface area (Å²) >= 11 is 0. The molecule has 1 N–H and O–H groups in total. The first-order valence-corrected chi connectivity index (χ1v) is 14.3. The molecule has 0 aromatic heterocycles. The maximum Gasteiger partial charge on any atom is 0.244 e. The monoisotopic (exact) mass is 539 g/mol. The van der Waals surface area contributed by atoms with Crippen LogP contribution in [-0.2, 0) is 32.6 Å². The maximum absolute atomic E-state index is 13.9. The van der Waals surface area contributed by atoms with Gasteiger partial charge >= 0.3 is 0 Å². The van der Waals surface area contributed by atoms with Crippen LogP contribution in [0.15, 0.2) is 84.9 Å². The molecule has 0 radical (unpaired) electrons. The van der Waals surface area contributed by atoms with Crippen molar-refractivity contribution in [2.75, 3.05) is 17.1 Å². The largest absolute Gasteiger partial charge is 0.352 e. The van der Waals surface area contributed by atoms with E-state index in [2.05, 4.69) is 5.32 Å². The summed E-state index contributed by atoms with van der Waals surface area (Å²) in [5.41, 5.74) is 1.80. The zero-order valence-electron chi connectivity index (χ0n) is 21.9. The normalized spacial score (nSPS) is 12.8. The van der Waals surface area contributed by atoms with Crippen molar-refractivity contribution in [1.82, 2.24) is 10.2 Å². The SMILES string of the molecule is CCC(C)NC(=O)C(Cc1ccccc1)N(Cc1ccc(F)cc1)C(=O)CN(c1ccccc1)S(C)(=O)=O. The Morgan fingerprint density at radius 1 is 0.895 bits per heavy atom. The highest BCUT2D eigenvalue weighted by Gasteiger charge is 2.33. The molecule has 9 heteroatoms. The van der Waals surface area contributed by atoms with Crippen LogP contribution in [-0.4, -0.2) is 50.0 Å². The molecule has 38 heavy (non-hydrogen) atoms. The molecule has 0 aliphatic heterocycles. The van der Waals surface area contributed by atoms with Crippen LogP contribution < -0.4 is 9.62 Å². The van der Waals surface area contributed by atoms with Gasteiger partial charge in [0.2, 0.25) is 21.8 Å². The zero-order valence-corrected chi connectivity index (χ0v) is 22.7. The standard InChI is InChI=1S/C29H34FN3O4S/c1-4-22(2)31-29(35)27(19-23-11-7-5-8-12-23)32(20-24-15-17-25(30)18-16-24)28(34)21-33(38(3,36)37)26-13-9-6-10-14-26/h5-18,22,27H,4,19-21H2,1-3H3,(H,31,35). The first kappa shape index (κ1) is 28.8. The lowest BCUT2D eigenvalue weighted by Crippen LogP contribution is -2.54. The highest BCUT2D eigenvalue weighted by atomic mass is 32.2. The lowest BCUT2D eigenvalue weighted by molar-refractivity contribution is -0.140. The summed E-state index contributed by atoms with van der Waals surface area (Å²) < 4.78 is 40.0. The minimum Gasteiger partial charge on any atom is -0.352 e. The van der Waals surface area contributed by atoms with Crippen molar-refractivity contribution < 1.29 is 22.4 Å². The molecular weight excluding hydrogens is 505 g/mol. The van der Waals surface area contributed by atoms with Gasteiger partial charge in [-0.25, -0.2) is 12.8 Å². The fraction of sp³-hybridized carbons (Fsp3) is 0.310. The molecular formula is C29H34FN3O4S. The van der Waals surface area contributed by atoms with Gasteiger partial charge in [-0.15, -0.1) is 0 Å². The Balaban J connectivity index is 2.03. The van der Waals surface area contributed by atoms with Crippen molar-refractivity contribution in [3.63, 3.8) is 0 Å². The molecule has 7 nitrogen and oxygen atoms in total. The van der Waals surface area contributed by atoms with Crippen LogP contribution in [0.2, 0.25) is 0 Å². The first-order valence-electron chi connectivity index (χ1n) is 12.5. The molecule has 3 aromatic rings. The summed E-state index contributed by atoms with van der Waals surface area (Å²) in [6.45, 7) is 3.33. The topological polar surface area (TPSA) is 86.8 Å². The van der Waals surface area contributed by atoms with Gasteiger partial charge in [0.1, 0.15) is 18.4 Å². The number of sulfonamides is 1. The minimum atomic E-state index is -3.82. The van der Waals surface area contributed by atoms with Crippen molar-refractivity contribution in [3.8, 4) is 0 Å². The number of nitrogens with zero attached hydrogens (tertiary/aromatic N) is 2. The molecule has 202 valence electrons. The van der Waals surface area contributed by atoms with Crippen LogP contribution in [0.5, 0.6) is 0 Å². The Hall–Kier alpha value is -3.72. The second-order valence-electron chi connectivity index (χ2n) is 9.28. The van der Waals surface area contributed by atoms with E-state index in [0.29, 0.717) is 17.7 Å². The molecule has 2 unspecified atom stereocenters. The van der Waals surface area contributed by atoms with E-state index in [0.717, 1.165) is 16.1 Å². The van der Waals surface area contributed by atoms with Gasteiger partial charge < -0.3 is 10.2 Å². The number of halogens is 1. The number of benzene rings is 3. The lowest BCUT2D eigenvalue weighted by Gasteiger charge is -2.34. The number of carbonyl (C=O) groups is 2. The molecule has 0 aliphatic carbocycles. The number of para-hydroxylation sites is 1. The van der Waals surface area contributed by atoms with Crippen LogP contribution in [0.1, 0.15) is 31.4 Å². The molecule has 0 heterocycles. The first-order chi connectivity index (χ1) is 18.1. The van der Waals surface area contributed by atoms with Crippen molar-refractivity contribution >= 4 is 27.5 Å². The molecule has 2 atom stereocenters. The van der Waals surface area contributed by atoms with Crippen LogP contribution in [0.4, 0.5) is 10.1 Å². The molecule has 0 saturated carbocycles. The maximum atomic E-state index is 13.9. The van der Waals surface area contributed by atoms with E-state index in [9.17, 15) is 22.4 Å². The third-order valence-corrected chi connectivity index (χ3v) is 7.40. The number of carbonyl (C=O) groups excluding carboxylic acids is 2. The van der Waals surface area contributed by atoms with Gasteiger partial charge in [-0.2, -0.15) is 0 Å². The van der Waals surface area contributed by atoms with E-state index in [1.807, 2.05) is 44.2 Å². The van der Waals surface area contributed by atoms with Crippen LogP contribution in [0.25, 0.3) is 0 Å². The van der Waals surface area contributed by atoms with Gasteiger partial charge in [-0.05, 0) is 48.7 Å². The van der Waals surface area contributed by atoms with E-state index in [-0.39, 0.29) is 24.9 Å². The lowest BCUT2D eigenvalue weighted by atomic mass is 10.0. The van der Waals surface area contributed by atoms with Crippen molar-refractivity contribution in [3.05, 3.63) is 102 Å². The van der Waals surface area contributed by atoms with Crippen molar-refractivity contribution in [2.24, 2.45) is 0 Å². The molecule has 0 saturated heterocycles. The molecule has 0 spiro atoms.